The van der Waals surface area contributed by atoms with E-state index in [2.05, 4.69) is 17.1 Å². The third-order valence-electron chi connectivity index (χ3n) is 5.55. The molecule has 0 aliphatic heterocycles. The number of rotatable bonds is 1. The first kappa shape index (κ1) is 10.1. The van der Waals surface area contributed by atoms with Crippen LogP contribution in [-0.2, 0) is 5.41 Å². The van der Waals surface area contributed by atoms with Crippen molar-refractivity contribution in [1.29, 1.82) is 0 Å². The monoisotopic (exact) mass is 228 g/mol. The van der Waals surface area contributed by atoms with E-state index >= 15 is 0 Å². The normalized spacial score (nSPS) is 47.4. The fourth-order valence-electron chi connectivity index (χ4n) is 5.05. The molecule has 2 heteroatoms. The van der Waals surface area contributed by atoms with Crippen molar-refractivity contribution in [1.82, 2.24) is 4.98 Å². The molecule has 4 aliphatic rings. The fraction of sp³-hybridized carbons (Fsp3) is 0.667. The highest BCUT2D eigenvalue weighted by atomic mass is 14.8. The molecule has 0 spiro atoms. The summed E-state index contributed by atoms with van der Waals surface area (Å²) in [5.74, 6) is 2.46. The molecule has 90 valence electrons. The van der Waals surface area contributed by atoms with Crippen LogP contribution in [0.4, 0.5) is 0 Å². The van der Waals surface area contributed by atoms with Gasteiger partial charge in [0.25, 0.3) is 0 Å². The summed E-state index contributed by atoms with van der Waals surface area (Å²) in [6.45, 7) is 0. The molecule has 0 radical (unpaired) electrons. The first-order chi connectivity index (χ1) is 8.27. The van der Waals surface area contributed by atoms with Gasteiger partial charge in [0, 0.05) is 23.3 Å². The number of aromatic nitrogens is 1. The Labute approximate surface area is 103 Å². The molecule has 4 saturated carbocycles. The summed E-state index contributed by atoms with van der Waals surface area (Å²) in [7, 11) is 0. The lowest BCUT2D eigenvalue weighted by Gasteiger charge is -2.59. The molecule has 0 aromatic carbocycles. The van der Waals surface area contributed by atoms with Crippen molar-refractivity contribution in [3.05, 3.63) is 30.1 Å². The van der Waals surface area contributed by atoms with Crippen LogP contribution in [0.1, 0.15) is 37.8 Å². The van der Waals surface area contributed by atoms with Crippen LogP contribution < -0.4 is 5.73 Å². The quantitative estimate of drug-likeness (QED) is 0.802. The Morgan fingerprint density at radius 1 is 1.12 bits per heavy atom. The van der Waals surface area contributed by atoms with Gasteiger partial charge < -0.3 is 5.73 Å². The summed E-state index contributed by atoms with van der Waals surface area (Å²) in [6, 6.07) is 6.87. The van der Waals surface area contributed by atoms with Crippen LogP contribution in [0.15, 0.2) is 24.4 Å². The van der Waals surface area contributed by atoms with E-state index in [1.54, 1.807) is 0 Å². The van der Waals surface area contributed by atoms with E-state index in [-0.39, 0.29) is 0 Å². The van der Waals surface area contributed by atoms with Gasteiger partial charge in [-0.05, 0) is 62.0 Å². The van der Waals surface area contributed by atoms with Gasteiger partial charge in [-0.3, -0.25) is 4.98 Å². The third-order valence-corrected chi connectivity index (χ3v) is 5.55. The van der Waals surface area contributed by atoms with Crippen molar-refractivity contribution in [3.8, 4) is 0 Å². The molecule has 1 heterocycles. The van der Waals surface area contributed by atoms with Gasteiger partial charge in [-0.15, -0.1) is 0 Å². The first-order valence-corrected chi connectivity index (χ1v) is 6.94. The lowest BCUT2D eigenvalue weighted by atomic mass is 9.47. The maximum absolute atomic E-state index is 6.38. The Hall–Kier alpha value is -0.890. The number of pyridine rings is 1. The predicted octanol–water partition coefficient (Wildman–Crippen LogP) is 2.49. The molecule has 0 amide bonds. The smallest absolute Gasteiger partial charge is 0.0465 e. The maximum atomic E-state index is 6.38. The Balaban J connectivity index is 1.76. The Kier molecular flexibility index (Phi) is 1.97. The molecular formula is C15H20N2. The molecule has 1 aromatic rings. The van der Waals surface area contributed by atoms with Crippen LogP contribution in [0.2, 0.25) is 0 Å². The van der Waals surface area contributed by atoms with Crippen LogP contribution in [-0.4, -0.2) is 11.0 Å². The van der Waals surface area contributed by atoms with Gasteiger partial charge in [0.2, 0.25) is 0 Å². The van der Waals surface area contributed by atoms with E-state index in [4.69, 9.17) is 5.73 Å². The molecule has 2 unspecified atom stereocenters. The van der Waals surface area contributed by atoms with Gasteiger partial charge in [0.1, 0.15) is 0 Å². The first-order valence-electron chi connectivity index (χ1n) is 6.94. The minimum Gasteiger partial charge on any atom is -0.327 e. The molecule has 5 rings (SSSR count). The van der Waals surface area contributed by atoms with Crippen molar-refractivity contribution in [2.45, 2.75) is 43.6 Å². The van der Waals surface area contributed by atoms with Crippen molar-refractivity contribution in [2.75, 3.05) is 0 Å². The molecule has 4 fully saturated rings. The molecule has 4 aliphatic carbocycles. The second kappa shape index (κ2) is 3.32. The summed E-state index contributed by atoms with van der Waals surface area (Å²) < 4.78 is 0. The molecule has 2 N–H and O–H groups in total. The number of hydrogen-bond donors (Lipinski definition) is 1. The number of nitrogens with zero attached hydrogens (tertiary/aromatic N) is 1. The average Bonchev–Trinajstić information content (AvgIpc) is 2.36. The van der Waals surface area contributed by atoms with Gasteiger partial charge in [0.15, 0.2) is 0 Å². The maximum Gasteiger partial charge on any atom is 0.0465 e. The molecule has 1 aromatic heterocycles. The van der Waals surface area contributed by atoms with E-state index < -0.39 is 0 Å². The van der Waals surface area contributed by atoms with Crippen LogP contribution in [0.25, 0.3) is 0 Å². The molecule has 2 atom stereocenters. The second-order valence-corrected chi connectivity index (χ2v) is 6.54. The highest BCUT2D eigenvalue weighted by Crippen LogP contribution is 2.59. The summed E-state index contributed by atoms with van der Waals surface area (Å²) in [5.41, 5.74) is 8.11. The van der Waals surface area contributed by atoms with Gasteiger partial charge in [0.05, 0.1) is 0 Å². The van der Waals surface area contributed by atoms with Crippen molar-refractivity contribution >= 4 is 0 Å². The predicted molar refractivity (Wildman–Crippen MR) is 67.4 cm³/mol. The summed E-state index contributed by atoms with van der Waals surface area (Å²) in [4.78, 5) is 4.65. The zero-order chi connectivity index (χ0) is 11.5. The minimum atomic E-state index is 0.383. The zero-order valence-electron chi connectivity index (χ0n) is 10.2. The van der Waals surface area contributed by atoms with E-state index in [1.165, 1.54) is 37.8 Å². The standard InChI is InChI=1S/C15H20N2/c16-14-11-5-10-6-12(14)9-15(7-10,8-11)13-3-1-2-4-17-13/h1-4,10-12,14H,5-9,16H2. The Morgan fingerprint density at radius 2 is 1.88 bits per heavy atom. The zero-order valence-corrected chi connectivity index (χ0v) is 10.2. The second-order valence-electron chi connectivity index (χ2n) is 6.54. The molecule has 2 nitrogen and oxygen atoms in total. The van der Waals surface area contributed by atoms with E-state index in [0.717, 1.165) is 17.8 Å². The topological polar surface area (TPSA) is 38.9 Å². The van der Waals surface area contributed by atoms with E-state index in [1.807, 2.05) is 12.3 Å². The minimum absolute atomic E-state index is 0.383. The third kappa shape index (κ3) is 1.33. The number of hydrogen-bond acceptors (Lipinski definition) is 2. The van der Waals surface area contributed by atoms with Crippen molar-refractivity contribution < 1.29 is 0 Å². The van der Waals surface area contributed by atoms with Gasteiger partial charge in [-0.1, -0.05) is 6.07 Å². The Bertz CT molecular complexity index is 412. The van der Waals surface area contributed by atoms with Gasteiger partial charge in [-0.25, -0.2) is 0 Å². The SMILES string of the molecule is NC1C2CC3CC1CC(c1ccccn1)(C3)C2. The van der Waals surface area contributed by atoms with Crippen molar-refractivity contribution in [3.63, 3.8) is 0 Å². The molecule has 0 saturated heterocycles. The van der Waals surface area contributed by atoms with E-state index in [0.29, 0.717) is 11.5 Å². The lowest BCUT2D eigenvalue weighted by Crippen LogP contribution is -2.58. The fourth-order valence-corrected chi connectivity index (χ4v) is 5.05. The summed E-state index contributed by atoms with van der Waals surface area (Å²) in [5, 5.41) is 0. The summed E-state index contributed by atoms with van der Waals surface area (Å²) >= 11 is 0. The molecule has 4 bridgehead atoms. The highest BCUT2D eigenvalue weighted by Gasteiger charge is 2.55. The van der Waals surface area contributed by atoms with Crippen LogP contribution in [0.3, 0.4) is 0 Å². The Morgan fingerprint density at radius 3 is 2.53 bits per heavy atom. The molecule has 17 heavy (non-hydrogen) atoms. The van der Waals surface area contributed by atoms with Crippen LogP contribution in [0, 0.1) is 17.8 Å². The lowest BCUT2D eigenvalue weighted by molar-refractivity contribution is -0.0244. The molecular weight excluding hydrogens is 208 g/mol. The van der Waals surface area contributed by atoms with Gasteiger partial charge >= 0.3 is 0 Å². The van der Waals surface area contributed by atoms with Crippen LogP contribution >= 0.6 is 0 Å². The highest BCUT2D eigenvalue weighted by molar-refractivity contribution is 5.24. The van der Waals surface area contributed by atoms with Crippen LogP contribution in [0.5, 0.6) is 0 Å². The van der Waals surface area contributed by atoms with Crippen molar-refractivity contribution in [2.24, 2.45) is 23.5 Å². The average molecular weight is 228 g/mol. The summed E-state index contributed by atoms with van der Waals surface area (Å²) in [6.07, 6.45) is 8.66. The number of nitrogens with two attached hydrogens (primary N) is 1. The van der Waals surface area contributed by atoms with E-state index in [9.17, 15) is 0 Å². The van der Waals surface area contributed by atoms with Gasteiger partial charge in [-0.2, -0.15) is 0 Å². The largest absolute Gasteiger partial charge is 0.327 e.